The van der Waals surface area contributed by atoms with Crippen LogP contribution in [-0.2, 0) is 16.6 Å². The summed E-state index contributed by atoms with van der Waals surface area (Å²) < 4.78 is 32.4. The molecule has 3 heterocycles. The summed E-state index contributed by atoms with van der Waals surface area (Å²) in [7, 11) is -3.50. The zero-order valence-electron chi connectivity index (χ0n) is 16.6. The van der Waals surface area contributed by atoms with E-state index in [0.717, 1.165) is 34.8 Å². The van der Waals surface area contributed by atoms with Gasteiger partial charge in [0.05, 0.1) is 23.4 Å². The lowest BCUT2D eigenvalue weighted by Crippen LogP contribution is -2.35. The quantitative estimate of drug-likeness (QED) is 0.623. The van der Waals surface area contributed by atoms with Crippen LogP contribution in [0.3, 0.4) is 0 Å². The van der Waals surface area contributed by atoms with Gasteiger partial charge in [0.1, 0.15) is 0 Å². The molecule has 1 amide bonds. The molecule has 9 heteroatoms. The zero-order chi connectivity index (χ0) is 21.1. The molecular formula is C21H23N3O4S2. The molecule has 1 fully saturated rings. The maximum Gasteiger partial charge on any atom is 0.251 e. The molecule has 0 aliphatic carbocycles. The van der Waals surface area contributed by atoms with Crippen LogP contribution in [0.15, 0.2) is 52.0 Å². The van der Waals surface area contributed by atoms with Crippen molar-refractivity contribution < 1.29 is 17.6 Å². The first-order chi connectivity index (χ1) is 14.4. The van der Waals surface area contributed by atoms with Crippen LogP contribution < -0.4 is 5.32 Å². The van der Waals surface area contributed by atoms with E-state index >= 15 is 0 Å². The van der Waals surface area contributed by atoms with E-state index in [9.17, 15) is 13.2 Å². The highest BCUT2D eigenvalue weighted by molar-refractivity contribution is 7.89. The third-order valence-corrected chi connectivity index (χ3v) is 8.19. The topological polar surface area (TPSA) is 92.5 Å². The van der Waals surface area contributed by atoms with Crippen molar-refractivity contribution in [3.63, 3.8) is 0 Å². The minimum Gasteiger partial charge on any atom is -0.462 e. The number of carbonyl (C=O) groups is 1. The molecule has 1 aromatic carbocycles. The van der Waals surface area contributed by atoms with Crippen molar-refractivity contribution >= 4 is 27.3 Å². The Hall–Kier alpha value is -2.49. The van der Waals surface area contributed by atoms with Crippen LogP contribution >= 0.6 is 11.3 Å². The van der Waals surface area contributed by atoms with E-state index in [1.165, 1.54) is 27.8 Å². The number of hydrogen-bond acceptors (Lipinski definition) is 6. The molecule has 1 aliphatic rings. The Morgan fingerprint density at radius 3 is 2.57 bits per heavy atom. The number of amides is 1. The molecule has 1 saturated heterocycles. The predicted molar refractivity (Wildman–Crippen MR) is 115 cm³/mol. The van der Waals surface area contributed by atoms with Crippen molar-refractivity contribution in [3.8, 4) is 10.8 Å². The van der Waals surface area contributed by atoms with E-state index < -0.39 is 10.0 Å². The number of thiazole rings is 1. The van der Waals surface area contributed by atoms with Gasteiger partial charge in [0.15, 0.2) is 10.8 Å². The Morgan fingerprint density at radius 1 is 1.17 bits per heavy atom. The van der Waals surface area contributed by atoms with Crippen molar-refractivity contribution in [2.24, 2.45) is 0 Å². The van der Waals surface area contributed by atoms with Gasteiger partial charge in [0, 0.05) is 23.5 Å². The number of aromatic nitrogens is 1. The lowest BCUT2D eigenvalue weighted by molar-refractivity contribution is 0.0951. The highest BCUT2D eigenvalue weighted by Crippen LogP contribution is 2.28. The molecule has 7 nitrogen and oxygen atoms in total. The molecule has 30 heavy (non-hydrogen) atoms. The Kier molecular flexibility index (Phi) is 6.03. The minimum atomic E-state index is -3.50. The van der Waals surface area contributed by atoms with Gasteiger partial charge in [-0.3, -0.25) is 4.79 Å². The second kappa shape index (κ2) is 8.71. The van der Waals surface area contributed by atoms with Crippen molar-refractivity contribution in [2.45, 2.75) is 37.6 Å². The number of rotatable bonds is 6. The highest BCUT2D eigenvalue weighted by atomic mass is 32.2. The number of nitrogens with one attached hydrogen (secondary N) is 1. The van der Waals surface area contributed by atoms with Gasteiger partial charge < -0.3 is 9.73 Å². The monoisotopic (exact) mass is 445 g/mol. The molecule has 3 aromatic rings. The Balaban J connectivity index is 1.41. The number of piperidine rings is 1. The molecule has 0 radical (unpaired) electrons. The molecule has 0 atom stereocenters. The molecule has 1 aliphatic heterocycles. The van der Waals surface area contributed by atoms with Gasteiger partial charge in [-0.1, -0.05) is 6.42 Å². The molecule has 0 spiro atoms. The third-order valence-electron chi connectivity index (χ3n) is 5.10. The summed E-state index contributed by atoms with van der Waals surface area (Å²) in [5, 5.41) is 3.65. The largest absolute Gasteiger partial charge is 0.462 e. The van der Waals surface area contributed by atoms with Gasteiger partial charge in [-0.25, -0.2) is 13.4 Å². The molecule has 158 valence electrons. The number of aryl methyl sites for hydroxylation is 1. The number of hydrogen-bond donors (Lipinski definition) is 1. The van der Waals surface area contributed by atoms with Crippen LogP contribution in [-0.4, -0.2) is 36.7 Å². The van der Waals surface area contributed by atoms with Crippen molar-refractivity contribution in [1.29, 1.82) is 0 Å². The first-order valence-corrected chi connectivity index (χ1v) is 12.1. The van der Waals surface area contributed by atoms with Gasteiger partial charge in [-0.15, -0.1) is 11.3 Å². The van der Waals surface area contributed by atoms with Gasteiger partial charge in [0.25, 0.3) is 5.91 Å². The summed E-state index contributed by atoms with van der Waals surface area (Å²) in [6, 6.07) is 9.78. The number of nitrogens with zero attached hydrogens (tertiary/aromatic N) is 2. The SMILES string of the molecule is Cc1nc(-c2ccco2)sc1CNC(=O)c1ccc(S(=O)(=O)N2CCCCC2)cc1. The molecule has 1 N–H and O–H groups in total. The van der Waals surface area contributed by atoms with E-state index in [1.54, 1.807) is 18.4 Å². The summed E-state index contributed by atoms with van der Waals surface area (Å²) in [4.78, 5) is 18.2. The van der Waals surface area contributed by atoms with E-state index in [1.807, 2.05) is 19.1 Å². The zero-order valence-corrected chi connectivity index (χ0v) is 18.3. The summed E-state index contributed by atoms with van der Waals surface area (Å²) in [6.07, 6.45) is 4.44. The van der Waals surface area contributed by atoms with Crippen LogP contribution in [0.25, 0.3) is 10.8 Å². The summed E-state index contributed by atoms with van der Waals surface area (Å²) in [5.74, 6) is 0.440. The van der Waals surface area contributed by atoms with Crippen molar-refractivity contribution in [1.82, 2.24) is 14.6 Å². The second-order valence-electron chi connectivity index (χ2n) is 7.18. The lowest BCUT2D eigenvalue weighted by Gasteiger charge is -2.25. The number of benzene rings is 1. The van der Waals surface area contributed by atoms with Gasteiger partial charge in [-0.05, 0) is 56.2 Å². The van der Waals surface area contributed by atoms with Crippen LogP contribution in [0.2, 0.25) is 0 Å². The lowest BCUT2D eigenvalue weighted by atomic mass is 10.2. The molecule has 2 aromatic heterocycles. The highest BCUT2D eigenvalue weighted by Gasteiger charge is 2.26. The third kappa shape index (κ3) is 4.33. The van der Waals surface area contributed by atoms with E-state index in [4.69, 9.17) is 4.42 Å². The van der Waals surface area contributed by atoms with Crippen LogP contribution in [0, 0.1) is 6.92 Å². The maximum atomic E-state index is 12.7. The Labute approximate surface area is 179 Å². The van der Waals surface area contributed by atoms with Crippen molar-refractivity contribution in [2.75, 3.05) is 13.1 Å². The molecular weight excluding hydrogens is 422 g/mol. The number of carbonyl (C=O) groups excluding carboxylic acids is 1. The molecule has 0 unspecified atom stereocenters. The van der Waals surface area contributed by atoms with Crippen LogP contribution in [0.1, 0.15) is 40.2 Å². The average Bonchev–Trinajstić information content (AvgIpc) is 3.42. The first-order valence-electron chi connectivity index (χ1n) is 9.84. The standard InChI is InChI=1S/C21H23N3O4S2/c1-15-19(29-21(23-15)18-6-5-13-28-18)14-22-20(25)16-7-9-17(10-8-16)30(26,27)24-11-3-2-4-12-24/h5-10,13H,2-4,11-12,14H2,1H3,(H,22,25). The molecule has 0 bridgehead atoms. The van der Waals surface area contributed by atoms with Crippen molar-refractivity contribution in [3.05, 3.63) is 58.8 Å². The van der Waals surface area contributed by atoms with E-state index in [-0.39, 0.29) is 10.8 Å². The van der Waals surface area contributed by atoms with Gasteiger partial charge in [-0.2, -0.15) is 4.31 Å². The predicted octanol–water partition coefficient (Wildman–Crippen LogP) is 3.82. The summed E-state index contributed by atoms with van der Waals surface area (Å²) >= 11 is 1.47. The molecule has 0 saturated carbocycles. The average molecular weight is 446 g/mol. The summed E-state index contributed by atoms with van der Waals surface area (Å²) in [5.41, 5.74) is 1.26. The second-order valence-corrected chi connectivity index (χ2v) is 10.2. The van der Waals surface area contributed by atoms with E-state index in [2.05, 4.69) is 10.3 Å². The fraction of sp³-hybridized carbons (Fsp3) is 0.333. The Morgan fingerprint density at radius 2 is 1.90 bits per heavy atom. The summed E-state index contributed by atoms with van der Waals surface area (Å²) in [6.45, 7) is 3.35. The minimum absolute atomic E-state index is 0.224. The maximum absolute atomic E-state index is 12.7. The van der Waals surface area contributed by atoms with Crippen LogP contribution in [0.4, 0.5) is 0 Å². The first kappa shape index (κ1) is 20.8. The van der Waals surface area contributed by atoms with Crippen LogP contribution in [0.5, 0.6) is 0 Å². The van der Waals surface area contributed by atoms with Gasteiger partial charge in [0.2, 0.25) is 10.0 Å². The normalized spacial score (nSPS) is 15.2. The number of furan rings is 1. The fourth-order valence-corrected chi connectivity index (χ4v) is 5.88. The van der Waals surface area contributed by atoms with Gasteiger partial charge >= 0.3 is 0 Å². The number of sulfonamides is 1. The Bertz CT molecular complexity index is 1110. The van der Waals surface area contributed by atoms with E-state index in [0.29, 0.717) is 31.0 Å². The molecule has 4 rings (SSSR count). The fourth-order valence-electron chi connectivity index (χ4n) is 3.39. The smallest absolute Gasteiger partial charge is 0.251 e.